The van der Waals surface area contributed by atoms with Crippen molar-refractivity contribution in [2.75, 3.05) is 0 Å². The van der Waals surface area contributed by atoms with Crippen molar-refractivity contribution in [2.45, 2.75) is 90.3 Å². The number of hydrogen-bond acceptors (Lipinski definition) is 0. The fourth-order valence-electron chi connectivity index (χ4n) is 2.37. The zero-order chi connectivity index (χ0) is 12.4. The zero-order valence-electron chi connectivity index (χ0n) is 11.8. The smallest absolute Gasteiger partial charge is 0.156 e. The predicted octanol–water partition coefficient (Wildman–Crippen LogP) is 6.35. The number of unbranched alkanes of at least 4 members (excludes halogenated alkanes) is 3. The molecule has 1 atom stereocenters. The summed E-state index contributed by atoms with van der Waals surface area (Å²) in [7, 11) is -1.46. The molecule has 1 unspecified atom stereocenters. The molecule has 0 bridgehead atoms. The Labute approximate surface area is 109 Å². The quantitative estimate of drug-likeness (QED) is 0.318. The van der Waals surface area contributed by atoms with Gasteiger partial charge in [0.1, 0.15) is 0 Å². The third-order valence-corrected chi connectivity index (χ3v) is 8.79. The molecule has 0 saturated heterocycles. The standard InChI is InChI=1S/C14H31ClSi/c1-5-8-11-14(12-9-6-2)16(4,15)13-10-7-3/h14H,5-13H2,1-4H3. The van der Waals surface area contributed by atoms with Crippen LogP contribution in [0.3, 0.4) is 0 Å². The molecule has 0 spiro atoms. The summed E-state index contributed by atoms with van der Waals surface area (Å²) in [5, 5.41) is 0. The molecule has 0 aliphatic rings. The second-order valence-corrected chi connectivity index (χ2v) is 11.8. The summed E-state index contributed by atoms with van der Waals surface area (Å²) in [5.41, 5.74) is 0.862. The average molecular weight is 263 g/mol. The van der Waals surface area contributed by atoms with Crippen LogP contribution in [-0.4, -0.2) is 7.38 Å². The van der Waals surface area contributed by atoms with Gasteiger partial charge in [0.15, 0.2) is 7.38 Å². The molecule has 0 aromatic rings. The first kappa shape index (κ1) is 16.5. The van der Waals surface area contributed by atoms with Crippen LogP contribution in [0.25, 0.3) is 0 Å². The molecule has 0 aromatic carbocycles. The van der Waals surface area contributed by atoms with E-state index in [-0.39, 0.29) is 0 Å². The van der Waals surface area contributed by atoms with Crippen molar-refractivity contribution in [1.29, 1.82) is 0 Å². The Morgan fingerprint density at radius 1 is 0.875 bits per heavy atom. The molecule has 0 aromatic heterocycles. The highest BCUT2D eigenvalue weighted by molar-refractivity contribution is 7.20. The molecular weight excluding hydrogens is 232 g/mol. The average Bonchev–Trinajstić information content (AvgIpc) is 2.26. The lowest BCUT2D eigenvalue weighted by atomic mass is 10.1. The van der Waals surface area contributed by atoms with Gasteiger partial charge in [-0.3, -0.25) is 0 Å². The fourth-order valence-corrected chi connectivity index (χ4v) is 6.49. The SMILES string of the molecule is CCCCC(CCCC)[Si](C)(Cl)CCCC. The molecule has 0 fully saturated rings. The topological polar surface area (TPSA) is 0 Å². The molecule has 16 heavy (non-hydrogen) atoms. The van der Waals surface area contributed by atoms with E-state index in [1.807, 2.05) is 0 Å². The maximum Gasteiger partial charge on any atom is 0.156 e. The van der Waals surface area contributed by atoms with Gasteiger partial charge in [0.25, 0.3) is 0 Å². The molecule has 0 aliphatic carbocycles. The minimum Gasteiger partial charge on any atom is -0.167 e. The Balaban J connectivity index is 4.20. The van der Waals surface area contributed by atoms with Crippen LogP contribution in [-0.2, 0) is 0 Å². The highest BCUT2D eigenvalue weighted by atomic mass is 35.6. The summed E-state index contributed by atoms with van der Waals surface area (Å²) < 4.78 is 0. The van der Waals surface area contributed by atoms with Gasteiger partial charge in [0.2, 0.25) is 0 Å². The van der Waals surface area contributed by atoms with E-state index in [9.17, 15) is 0 Å². The third-order valence-electron chi connectivity index (χ3n) is 3.68. The van der Waals surface area contributed by atoms with E-state index in [1.54, 1.807) is 0 Å². The summed E-state index contributed by atoms with van der Waals surface area (Å²) in [6.07, 6.45) is 10.8. The molecule has 0 nitrogen and oxygen atoms in total. The van der Waals surface area contributed by atoms with E-state index >= 15 is 0 Å². The lowest BCUT2D eigenvalue weighted by Crippen LogP contribution is -2.29. The lowest BCUT2D eigenvalue weighted by molar-refractivity contribution is 0.586. The molecule has 0 amide bonds. The van der Waals surface area contributed by atoms with E-state index < -0.39 is 7.38 Å². The first-order valence-corrected chi connectivity index (χ1v) is 11.1. The van der Waals surface area contributed by atoms with Crippen LogP contribution in [0.4, 0.5) is 0 Å². The number of rotatable bonds is 10. The van der Waals surface area contributed by atoms with Gasteiger partial charge in [0.05, 0.1) is 0 Å². The second-order valence-electron chi connectivity index (χ2n) is 5.36. The normalized spacial score (nSPS) is 15.4. The van der Waals surface area contributed by atoms with E-state index in [0.29, 0.717) is 0 Å². The van der Waals surface area contributed by atoms with Crippen LogP contribution >= 0.6 is 11.1 Å². The van der Waals surface area contributed by atoms with Gasteiger partial charge < -0.3 is 0 Å². The predicted molar refractivity (Wildman–Crippen MR) is 80.0 cm³/mol. The fraction of sp³-hybridized carbons (Fsp3) is 1.00. The third kappa shape index (κ3) is 6.96. The van der Waals surface area contributed by atoms with Crippen molar-refractivity contribution < 1.29 is 0 Å². The lowest BCUT2D eigenvalue weighted by Gasteiger charge is -2.30. The molecular formula is C14H31ClSi. The maximum atomic E-state index is 6.89. The van der Waals surface area contributed by atoms with Crippen LogP contribution < -0.4 is 0 Å². The first-order valence-electron chi connectivity index (χ1n) is 7.27. The molecule has 0 aliphatic heterocycles. The van der Waals surface area contributed by atoms with Gasteiger partial charge in [-0.2, -0.15) is 11.1 Å². The molecule has 0 radical (unpaired) electrons. The molecule has 0 N–H and O–H groups in total. The second kappa shape index (κ2) is 9.53. The van der Waals surface area contributed by atoms with Gasteiger partial charge in [0, 0.05) is 0 Å². The van der Waals surface area contributed by atoms with Gasteiger partial charge in [-0.15, -0.1) is 0 Å². The van der Waals surface area contributed by atoms with E-state index in [0.717, 1.165) is 5.54 Å². The van der Waals surface area contributed by atoms with Crippen LogP contribution in [0.2, 0.25) is 18.1 Å². The first-order chi connectivity index (χ1) is 7.58. The van der Waals surface area contributed by atoms with Crippen molar-refractivity contribution in [3.05, 3.63) is 0 Å². The van der Waals surface area contributed by atoms with Crippen LogP contribution in [0.5, 0.6) is 0 Å². The van der Waals surface area contributed by atoms with Crippen molar-refractivity contribution in [3.63, 3.8) is 0 Å². The van der Waals surface area contributed by atoms with Crippen LogP contribution in [0.1, 0.15) is 72.1 Å². The molecule has 2 heteroatoms. The number of hydrogen-bond donors (Lipinski definition) is 0. The minimum atomic E-state index is -1.46. The van der Waals surface area contributed by atoms with Crippen LogP contribution in [0.15, 0.2) is 0 Å². The molecule has 0 saturated carbocycles. The van der Waals surface area contributed by atoms with Gasteiger partial charge in [-0.05, 0) is 11.6 Å². The monoisotopic (exact) mass is 262 g/mol. The summed E-state index contributed by atoms with van der Waals surface area (Å²) in [5.74, 6) is 0. The summed E-state index contributed by atoms with van der Waals surface area (Å²) >= 11 is 6.89. The zero-order valence-corrected chi connectivity index (χ0v) is 13.6. The van der Waals surface area contributed by atoms with Crippen molar-refractivity contribution in [1.82, 2.24) is 0 Å². The Morgan fingerprint density at radius 3 is 1.69 bits per heavy atom. The van der Waals surface area contributed by atoms with Gasteiger partial charge in [-0.25, -0.2) is 0 Å². The Morgan fingerprint density at radius 2 is 1.31 bits per heavy atom. The van der Waals surface area contributed by atoms with E-state index in [2.05, 4.69) is 27.3 Å². The van der Waals surface area contributed by atoms with Crippen LogP contribution in [0, 0.1) is 0 Å². The Bertz CT molecular complexity index is 149. The van der Waals surface area contributed by atoms with Gasteiger partial charge >= 0.3 is 0 Å². The molecule has 0 heterocycles. The molecule has 0 rings (SSSR count). The Kier molecular flexibility index (Phi) is 9.83. The minimum absolute atomic E-state index is 0.862. The van der Waals surface area contributed by atoms with Crippen molar-refractivity contribution >= 4 is 18.5 Å². The molecule has 98 valence electrons. The maximum absolute atomic E-state index is 6.89. The highest BCUT2D eigenvalue weighted by Crippen LogP contribution is 2.39. The van der Waals surface area contributed by atoms with Gasteiger partial charge in [-0.1, -0.05) is 78.7 Å². The largest absolute Gasteiger partial charge is 0.167 e. The van der Waals surface area contributed by atoms with E-state index in [1.165, 1.54) is 57.4 Å². The summed E-state index contributed by atoms with van der Waals surface area (Å²) in [6.45, 7) is 9.25. The Hall–Kier alpha value is 0.507. The summed E-state index contributed by atoms with van der Waals surface area (Å²) in [6, 6.07) is 1.32. The number of halogens is 1. The van der Waals surface area contributed by atoms with E-state index in [4.69, 9.17) is 11.1 Å². The highest BCUT2D eigenvalue weighted by Gasteiger charge is 2.33. The van der Waals surface area contributed by atoms with Crippen molar-refractivity contribution in [3.8, 4) is 0 Å². The van der Waals surface area contributed by atoms with Crippen molar-refractivity contribution in [2.24, 2.45) is 0 Å². The summed E-state index contributed by atoms with van der Waals surface area (Å²) in [4.78, 5) is 0.